The number of nitrogens with one attached hydrogen (secondary N) is 1. The topological polar surface area (TPSA) is 56.2 Å². The van der Waals surface area contributed by atoms with Gasteiger partial charge in [0.15, 0.2) is 11.7 Å². The summed E-state index contributed by atoms with van der Waals surface area (Å²) in [6.45, 7) is 0.483. The predicted octanol–water partition coefficient (Wildman–Crippen LogP) is 3.40. The van der Waals surface area contributed by atoms with Crippen LogP contribution in [0.25, 0.3) is 0 Å². The zero-order valence-corrected chi connectivity index (χ0v) is 14.5. The number of ether oxygens (including phenoxy) is 1. The van der Waals surface area contributed by atoms with E-state index in [4.69, 9.17) is 4.74 Å². The third-order valence-electron chi connectivity index (χ3n) is 4.08. The van der Waals surface area contributed by atoms with E-state index >= 15 is 0 Å². The van der Waals surface area contributed by atoms with E-state index in [2.05, 4.69) is 10.3 Å². The summed E-state index contributed by atoms with van der Waals surface area (Å²) in [5.74, 6) is 0.851. The van der Waals surface area contributed by atoms with Crippen molar-refractivity contribution in [2.45, 2.75) is 31.5 Å². The average molecular weight is 373 g/mol. The van der Waals surface area contributed by atoms with Crippen molar-refractivity contribution in [1.82, 2.24) is 14.9 Å². The van der Waals surface area contributed by atoms with Crippen LogP contribution in [0.5, 0.6) is 5.06 Å². The lowest BCUT2D eigenvalue weighted by Crippen LogP contribution is -2.28. The van der Waals surface area contributed by atoms with Gasteiger partial charge in [-0.15, -0.1) is 11.3 Å². The second kappa shape index (κ2) is 6.70. The van der Waals surface area contributed by atoms with Gasteiger partial charge in [0, 0.05) is 36.2 Å². The molecule has 0 aromatic carbocycles. The fourth-order valence-corrected chi connectivity index (χ4v) is 3.55. The summed E-state index contributed by atoms with van der Waals surface area (Å²) >= 11 is 1.10. The zero-order valence-electron chi connectivity index (χ0n) is 13.7. The number of aromatic nitrogens is 2. The molecule has 1 amide bonds. The van der Waals surface area contributed by atoms with Gasteiger partial charge in [-0.25, -0.2) is 4.98 Å². The lowest BCUT2D eigenvalue weighted by atomic mass is 10.2. The molecule has 5 nitrogen and oxygen atoms in total. The minimum Gasteiger partial charge on any atom is -0.475 e. The van der Waals surface area contributed by atoms with E-state index in [0.717, 1.165) is 28.5 Å². The van der Waals surface area contributed by atoms with Crippen LogP contribution >= 0.6 is 11.3 Å². The first kappa shape index (κ1) is 17.8. The van der Waals surface area contributed by atoms with Crippen LogP contribution < -0.4 is 10.1 Å². The highest BCUT2D eigenvalue weighted by molar-refractivity contribution is 7.13. The van der Waals surface area contributed by atoms with Gasteiger partial charge in [0.2, 0.25) is 5.91 Å². The fraction of sp³-hybridized carbons (Fsp3) is 0.500. The number of hydrogen-bond donors (Lipinski definition) is 1. The van der Waals surface area contributed by atoms with Crippen LogP contribution in [0.15, 0.2) is 24.5 Å². The Hall–Kier alpha value is -2.03. The van der Waals surface area contributed by atoms with Crippen LogP contribution in [0.3, 0.4) is 0 Å². The summed E-state index contributed by atoms with van der Waals surface area (Å²) in [6, 6.07) is 2.87. The third-order valence-corrected chi connectivity index (χ3v) is 5.26. The molecule has 0 bridgehead atoms. The second-order valence-electron chi connectivity index (χ2n) is 6.14. The van der Waals surface area contributed by atoms with Crippen molar-refractivity contribution >= 4 is 17.2 Å². The van der Waals surface area contributed by atoms with E-state index in [1.165, 1.54) is 6.07 Å². The van der Waals surface area contributed by atoms with Crippen molar-refractivity contribution in [1.29, 1.82) is 0 Å². The molecule has 2 heterocycles. The number of amides is 1. The molecule has 2 aromatic rings. The molecule has 9 heteroatoms. The van der Waals surface area contributed by atoms with Crippen LogP contribution in [-0.4, -0.2) is 28.2 Å². The van der Waals surface area contributed by atoms with E-state index in [0.29, 0.717) is 0 Å². The highest BCUT2D eigenvalue weighted by Crippen LogP contribution is 2.47. The number of rotatable bonds is 6. The maximum absolute atomic E-state index is 12.3. The molecular formula is C16H18F3N3O2S. The Morgan fingerprint density at radius 2 is 2.28 bits per heavy atom. The largest absolute Gasteiger partial charge is 0.475 e. The molecule has 1 aliphatic rings. The number of carbonyl (C=O) groups excluding carboxylic acids is 1. The van der Waals surface area contributed by atoms with Gasteiger partial charge in [-0.3, -0.25) is 4.79 Å². The summed E-state index contributed by atoms with van der Waals surface area (Å²) in [7, 11) is 1.90. The number of halogens is 3. The molecular weight excluding hydrogens is 355 g/mol. The quantitative estimate of drug-likeness (QED) is 0.844. The van der Waals surface area contributed by atoms with Crippen molar-refractivity contribution in [3.05, 3.63) is 35.2 Å². The van der Waals surface area contributed by atoms with Gasteiger partial charge in [-0.05, 0) is 25.5 Å². The van der Waals surface area contributed by atoms with Crippen molar-refractivity contribution in [2.24, 2.45) is 13.0 Å². The SMILES string of the molecule is C[C@@H](NC(=O)C1CC1c1nccn1C)c1ccc(OCC(F)(F)F)s1. The molecule has 3 atom stereocenters. The molecule has 0 radical (unpaired) electrons. The van der Waals surface area contributed by atoms with E-state index in [9.17, 15) is 18.0 Å². The van der Waals surface area contributed by atoms with Gasteiger partial charge in [-0.2, -0.15) is 13.2 Å². The number of nitrogens with zero attached hydrogens (tertiary/aromatic N) is 2. The number of carbonyl (C=O) groups is 1. The third kappa shape index (κ3) is 4.33. The first-order valence-electron chi connectivity index (χ1n) is 7.81. The van der Waals surface area contributed by atoms with Crippen molar-refractivity contribution in [2.75, 3.05) is 6.61 Å². The normalized spacial score (nSPS) is 21.0. The summed E-state index contributed by atoms with van der Waals surface area (Å²) < 4.78 is 43.1. The van der Waals surface area contributed by atoms with Gasteiger partial charge < -0.3 is 14.6 Å². The fourth-order valence-electron chi connectivity index (χ4n) is 2.69. The molecule has 1 N–H and O–H groups in total. The number of aryl methyl sites for hydroxylation is 1. The van der Waals surface area contributed by atoms with E-state index in [-0.39, 0.29) is 28.8 Å². The smallest absolute Gasteiger partial charge is 0.422 e. The Morgan fingerprint density at radius 3 is 2.92 bits per heavy atom. The van der Waals surface area contributed by atoms with Crippen LogP contribution in [0.2, 0.25) is 0 Å². The van der Waals surface area contributed by atoms with Crippen LogP contribution in [0, 0.1) is 5.92 Å². The number of thiophene rings is 1. The Bertz CT molecular complexity index is 756. The first-order valence-corrected chi connectivity index (χ1v) is 8.63. The van der Waals surface area contributed by atoms with E-state index in [1.54, 1.807) is 19.2 Å². The maximum atomic E-state index is 12.3. The highest BCUT2D eigenvalue weighted by atomic mass is 32.1. The molecule has 1 saturated carbocycles. The first-order chi connectivity index (χ1) is 11.7. The lowest BCUT2D eigenvalue weighted by Gasteiger charge is -2.12. The van der Waals surface area contributed by atoms with Gasteiger partial charge in [0.1, 0.15) is 5.82 Å². The second-order valence-corrected chi connectivity index (χ2v) is 7.21. The van der Waals surface area contributed by atoms with Crippen molar-refractivity contribution < 1.29 is 22.7 Å². The van der Waals surface area contributed by atoms with Gasteiger partial charge >= 0.3 is 6.18 Å². The molecule has 0 spiro atoms. The number of hydrogen-bond acceptors (Lipinski definition) is 4. The monoisotopic (exact) mass is 373 g/mol. The van der Waals surface area contributed by atoms with Crippen LogP contribution in [-0.2, 0) is 11.8 Å². The molecule has 0 saturated heterocycles. The Kier molecular flexibility index (Phi) is 4.77. The van der Waals surface area contributed by atoms with Gasteiger partial charge in [0.05, 0.1) is 6.04 Å². The van der Waals surface area contributed by atoms with Crippen molar-refractivity contribution in [3.8, 4) is 5.06 Å². The lowest BCUT2D eigenvalue weighted by molar-refractivity contribution is -0.152. The molecule has 136 valence electrons. The molecule has 0 aliphatic heterocycles. The average Bonchev–Trinajstić information content (AvgIpc) is 2.97. The van der Waals surface area contributed by atoms with Crippen LogP contribution in [0.4, 0.5) is 13.2 Å². The minimum atomic E-state index is -4.37. The predicted molar refractivity (Wildman–Crippen MR) is 86.5 cm³/mol. The Morgan fingerprint density at radius 1 is 1.52 bits per heavy atom. The molecule has 2 unspecified atom stereocenters. The standard InChI is InChI=1S/C16H18F3N3O2S/c1-9(12-3-4-13(25-12)24-8-16(17,18)19)21-15(23)11-7-10(11)14-20-5-6-22(14)2/h3-6,9-11H,7-8H2,1-2H3,(H,21,23)/t9-,10?,11?/m1/s1. The van der Waals surface area contributed by atoms with Gasteiger partial charge in [0.25, 0.3) is 0 Å². The van der Waals surface area contributed by atoms with Gasteiger partial charge in [-0.1, -0.05) is 0 Å². The zero-order chi connectivity index (χ0) is 18.2. The Balaban J connectivity index is 1.53. The maximum Gasteiger partial charge on any atom is 0.422 e. The molecule has 1 aliphatic carbocycles. The molecule has 2 aromatic heterocycles. The molecule has 3 rings (SSSR count). The molecule has 1 fully saturated rings. The minimum absolute atomic E-state index is 0.0633. The number of alkyl halides is 3. The summed E-state index contributed by atoms with van der Waals surface area (Å²) in [5.41, 5.74) is 0. The summed E-state index contributed by atoms with van der Waals surface area (Å²) in [4.78, 5) is 17.4. The highest BCUT2D eigenvalue weighted by Gasteiger charge is 2.46. The summed E-state index contributed by atoms with van der Waals surface area (Å²) in [5, 5.41) is 3.10. The van der Waals surface area contributed by atoms with E-state index < -0.39 is 12.8 Å². The Labute approximate surface area is 146 Å². The molecule has 25 heavy (non-hydrogen) atoms. The van der Waals surface area contributed by atoms with Crippen molar-refractivity contribution in [3.63, 3.8) is 0 Å². The number of imidazole rings is 1. The van der Waals surface area contributed by atoms with Crippen LogP contribution in [0.1, 0.15) is 36.0 Å². The van der Waals surface area contributed by atoms with E-state index in [1.807, 2.05) is 17.8 Å². The summed E-state index contributed by atoms with van der Waals surface area (Å²) in [6.07, 6.45) is -0.0531.